The lowest BCUT2D eigenvalue weighted by Crippen LogP contribution is -2.29. The quantitative estimate of drug-likeness (QED) is 0.519. The second kappa shape index (κ2) is 2.64. The standard InChI is InChI=1S/C4H5NO6S/c5-3(6)4-10-1-2(11-4)12(7,8)9/h1,4H,(H2,5,6)(H,7,8,9). The van der Waals surface area contributed by atoms with Crippen molar-refractivity contribution in [3.8, 4) is 0 Å². The molecule has 68 valence electrons. The van der Waals surface area contributed by atoms with Gasteiger partial charge in [-0.3, -0.25) is 9.35 Å². The van der Waals surface area contributed by atoms with Crippen molar-refractivity contribution in [1.29, 1.82) is 0 Å². The van der Waals surface area contributed by atoms with E-state index < -0.39 is 27.4 Å². The van der Waals surface area contributed by atoms with E-state index in [1.54, 1.807) is 0 Å². The summed E-state index contributed by atoms with van der Waals surface area (Å²) in [7, 11) is -4.46. The zero-order valence-corrected chi connectivity index (χ0v) is 6.45. The van der Waals surface area contributed by atoms with Crippen molar-refractivity contribution in [3.63, 3.8) is 0 Å². The molecule has 3 N–H and O–H groups in total. The van der Waals surface area contributed by atoms with Crippen molar-refractivity contribution in [3.05, 3.63) is 11.4 Å². The first-order chi connectivity index (χ1) is 5.41. The smallest absolute Gasteiger partial charge is 0.331 e. The monoisotopic (exact) mass is 195 g/mol. The van der Waals surface area contributed by atoms with Crippen LogP contribution in [0.15, 0.2) is 11.4 Å². The van der Waals surface area contributed by atoms with Gasteiger partial charge in [-0.15, -0.1) is 0 Å². The van der Waals surface area contributed by atoms with Crippen molar-refractivity contribution < 1.29 is 27.2 Å². The van der Waals surface area contributed by atoms with Crippen LogP contribution in [0.25, 0.3) is 0 Å². The molecule has 7 nitrogen and oxygen atoms in total. The molecule has 0 bridgehead atoms. The third kappa shape index (κ3) is 1.66. The molecule has 1 amide bonds. The van der Waals surface area contributed by atoms with Crippen molar-refractivity contribution in [2.24, 2.45) is 5.73 Å². The molecule has 0 fully saturated rings. The lowest BCUT2D eigenvalue weighted by atomic mass is 10.6. The van der Waals surface area contributed by atoms with Crippen LogP contribution in [0.2, 0.25) is 0 Å². The molecule has 0 spiro atoms. The highest BCUT2D eigenvalue weighted by Crippen LogP contribution is 2.17. The van der Waals surface area contributed by atoms with Crippen molar-refractivity contribution in [2.45, 2.75) is 6.29 Å². The van der Waals surface area contributed by atoms with E-state index in [4.69, 9.17) is 10.3 Å². The van der Waals surface area contributed by atoms with Gasteiger partial charge < -0.3 is 15.2 Å². The van der Waals surface area contributed by atoms with Crippen LogP contribution in [0.3, 0.4) is 0 Å². The molecule has 1 atom stereocenters. The van der Waals surface area contributed by atoms with E-state index in [0.717, 1.165) is 0 Å². The minimum atomic E-state index is -4.46. The molecule has 1 unspecified atom stereocenters. The fourth-order valence-corrected chi connectivity index (χ4v) is 0.911. The third-order valence-corrected chi connectivity index (χ3v) is 1.70. The van der Waals surface area contributed by atoms with Gasteiger partial charge in [0.15, 0.2) is 0 Å². The molecule has 1 rings (SSSR count). The maximum atomic E-state index is 10.3. The minimum absolute atomic E-state index is 0.602. The molecule has 0 saturated heterocycles. The molecule has 0 aromatic heterocycles. The summed E-state index contributed by atoms with van der Waals surface area (Å²) in [5.74, 6) is -0.982. The Labute approximate surface area is 67.5 Å². The van der Waals surface area contributed by atoms with E-state index in [1.165, 1.54) is 0 Å². The summed E-state index contributed by atoms with van der Waals surface area (Å²) in [6, 6.07) is 0. The van der Waals surface area contributed by atoms with E-state index in [2.05, 4.69) is 9.47 Å². The van der Waals surface area contributed by atoms with Crippen LogP contribution in [0.4, 0.5) is 0 Å². The number of carbonyl (C=O) groups is 1. The fraction of sp³-hybridized carbons (Fsp3) is 0.250. The zero-order chi connectivity index (χ0) is 9.35. The Morgan fingerprint density at radius 3 is 2.50 bits per heavy atom. The fourth-order valence-electron chi connectivity index (χ4n) is 0.525. The van der Waals surface area contributed by atoms with Crippen LogP contribution in [-0.4, -0.2) is 25.2 Å². The predicted octanol–water partition coefficient (Wildman–Crippen LogP) is -1.47. The van der Waals surface area contributed by atoms with E-state index in [1.807, 2.05) is 0 Å². The molecular formula is C4H5NO6S. The van der Waals surface area contributed by atoms with Gasteiger partial charge in [0.25, 0.3) is 11.0 Å². The Kier molecular flexibility index (Phi) is 1.94. The maximum absolute atomic E-state index is 10.3. The first-order valence-electron chi connectivity index (χ1n) is 2.70. The highest BCUT2D eigenvalue weighted by atomic mass is 32.2. The molecule has 0 aliphatic carbocycles. The lowest BCUT2D eigenvalue weighted by molar-refractivity contribution is -0.140. The summed E-state index contributed by atoms with van der Waals surface area (Å²) in [5.41, 5.74) is 4.70. The second-order valence-corrected chi connectivity index (χ2v) is 3.25. The van der Waals surface area contributed by atoms with Crippen LogP contribution < -0.4 is 5.73 Å². The van der Waals surface area contributed by atoms with Crippen LogP contribution in [0, 0.1) is 0 Å². The Bertz CT molecular complexity index is 329. The number of hydrogen-bond donors (Lipinski definition) is 2. The number of primary amides is 1. The zero-order valence-electron chi connectivity index (χ0n) is 5.63. The molecule has 0 aromatic rings. The SMILES string of the molecule is NC(=O)C1OC=C(S(=O)(=O)O)O1. The molecule has 1 aliphatic rings. The van der Waals surface area contributed by atoms with Gasteiger partial charge in [0, 0.05) is 0 Å². The second-order valence-electron chi connectivity index (χ2n) is 1.90. The van der Waals surface area contributed by atoms with Crippen LogP contribution in [0.5, 0.6) is 0 Å². The lowest BCUT2D eigenvalue weighted by Gasteiger charge is -2.04. The molecule has 0 radical (unpaired) electrons. The largest absolute Gasteiger partial charge is 0.450 e. The molecule has 8 heteroatoms. The topological polar surface area (TPSA) is 116 Å². The molecule has 1 aliphatic heterocycles. The molecule has 0 aromatic carbocycles. The minimum Gasteiger partial charge on any atom is -0.450 e. The summed E-state index contributed by atoms with van der Waals surface area (Å²) in [5, 5.41) is -0.827. The van der Waals surface area contributed by atoms with E-state index >= 15 is 0 Å². The first-order valence-corrected chi connectivity index (χ1v) is 4.14. The van der Waals surface area contributed by atoms with Crippen LogP contribution >= 0.6 is 0 Å². The van der Waals surface area contributed by atoms with Gasteiger partial charge in [0.2, 0.25) is 0 Å². The number of rotatable bonds is 2. The van der Waals surface area contributed by atoms with Gasteiger partial charge in [-0.05, 0) is 0 Å². The Hall–Kier alpha value is -1.28. The molecule has 0 saturated carbocycles. The number of nitrogens with two attached hydrogens (primary N) is 1. The molecule has 1 heterocycles. The highest BCUT2D eigenvalue weighted by molar-refractivity contribution is 7.89. The number of ether oxygens (including phenoxy) is 2. The predicted molar refractivity (Wildman–Crippen MR) is 34.8 cm³/mol. The van der Waals surface area contributed by atoms with E-state index in [9.17, 15) is 13.2 Å². The summed E-state index contributed by atoms with van der Waals surface area (Å²) in [6.45, 7) is 0. The molecule has 12 heavy (non-hydrogen) atoms. The van der Waals surface area contributed by atoms with Crippen molar-refractivity contribution in [1.82, 2.24) is 0 Å². The van der Waals surface area contributed by atoms with Crippen LogP contribution in [-0.2, 0) is 24.4 Å². The molecular weight excluding hydrogens is 190 g/mol. The number of hydrogen-bond acceptors (Lipinski definition) is 5. The summed E-state index contributed by atoms with van der Waals surface area (Å²) in [4.78, 5) is 10.3. The summed E-state index contributed by atoms with van der Waals surface area (Å²) in [6.07, 6.45) is -0.882. The van der Waals surface area contributed by atoms with Gasteiger partial charge >= 0.3 is 16.4 Å². The van der Waals surface area contributed by atoms with Gasteiger partial charge in [0.1, 0.15) is 6.26 Å². The van der Waals surface area contributed by atoms with Crippen LogP contribution in [0.1, 0.15) is 0 Å². The number of carbonyl (C=O) groups excluding carboxylic acids is 1. The first kappa shape index (κ1) is 8.81. The normalized spacial score (nSPS) is 22.4. The number of amides is 1. The van der Waals surface area contributed by atoms with Crippen molar-refractivity contribution >= 4 is 16.0 Å². The maximum Gasteiger partial charge on any atom is 0.331 e. The van der Waals surface area contributed by atoms with E-state index in [-0.39, 0.29) is 0 Å². The summed E-state index contributed by atoms with van der Waals surface area (Å²) >= 11 is 0. The van der Waals surface area contributed by atoms with Gasteiger partial charge in [0.05, 0.1) is 0 Å². The van der Waals surface area contributed by atoms with Gasteiger partial charge in [-0.1, -0.05) is 0 Å². The van der Waals surface area contributed by atoms with Gasteiger partial charge in [-0.25, -0.2) is 0 Å². The average molecular weight is 195 g/mol. The highest BCUT2D eigenvalue weighted by Gasteiger charge is 2.31. The summed E-state index contributed by atoms with van der Waals surface area (Å²) < 4.78 is 37.7. The van der Waals surface area contributed by atoms with E-state index in [0.29, 0.717) is 6.26 Å². The third-order valence-electron chi connectivity index (χ3n) is 0.998. The Balaban J connectivity index is 2.74. The Morgan fingerprint density at radius 1 is 1.67 bits per heavy atom. The average Bonchev–Trinajstić information content (AvgIpc) is 2.30. The van der Waals surface area contributed by atoms with Gasteiger partial charge in [-0.2, -0.15) is 8.42 Å². The Morgan fingerprint density at radius 2 is 2.25 bits per heavy atom. The van der Waals surface area contributed by atoms with Crippen molar-refractivity contribution in [2.75, 3.05) is 0 Å².